The molecule has 1 N–H and O–H groups in total. The van der Waals surface area contributed by atoms with E-state index in [9.17, 15) is 15.2 Å². The summed E-state index contributed by atoms with van der Waals surface area (Å²) in [5, 5.41) is 24.0. The zero-order valence-corrected chi connectivity index (χ0v) is 14.3. The molecule has 1 unspecified atom stereocenters. The van der Waals surface area contributed by atoms with Crippen LogP contribution in [0.15, 0.2) is 60.7 Å². The third-order valence-corrected chi connectivity index (χ3v) is 5.12. The summed E-state index contributed by atoms with van der Waals surface area (Å²) < 4.78 is 0. The zero-order chi connectivity index (χ0) is 18.1. The predicted octanol–water partition coefficient (Wildman–Crippen LogP) is 4.64. The Labute approximate surface area is 151 Å². The molecule has 0 bridgehead atoms. The van der Waals surface area contributed by atoms with Crippen molar-refractivity contribution in [3.63, 3.8) is 0 Å². The highest BCUT2D eigenvalue weighted by Crippen LogP contribution is 2.41. The summed E-state index contributed by atoms with van der Waals surface area (Å²) in [6, 6.07) is 18.1. The van der Waals surface area contributed by atoms with Crippen molar-refractivity contribution >= 4 is 16.5 Å². The molecule has 1 fully saturated rings. The van der Waals surface area contributed by atoms with Crippen LogP contribution in [0.1, 0.15) is 30.0 Å². The van der Waals surface area contributed by atoms with Gasteiger partial charge >= 0.3 is 0 Å². The molecule has 0 spiro atoms. The third kappa shape index (κ3) is 2.91. The fourth-order valence-corrected chi connectivity index (χ4v) is 3.94. The first-order valence-corrected chi connectivity index (χ1v) is 8.84. The monoisotopic (exact) mass is 348 g/mol. The number of nitro groups is 1. The molecule has 1 saturated heterocycles. The number of likely N-dealkylation sites (tertiary alicyclic amines) is 1. The number of nitrogens with zero attached hydrogens (tertiary/aromatic N) is 2. The van der Waals surface area contributed by atoms with Gasteiger partial charge in [0.05, 0.1) is 11.0 Å². The molecule has 26 heavy (non-hydrogen) atoms. The van der Waals surface area contributed by atoms with Crippen molar-refractivity contribution < 1.29 is 10.0 Å². The van der Waals surface area contributed by atoms with Gasteiger partial charge in [-0.25, -0.2) is 0 Å². The van der Waals surface area contributed by atoms with Gasteiger partial charge < -0.3 is 5.11 Å². The number of rotatable bonds is 4. The van der Waals surface area contributed by atoms with E-state index in [1.54, 1.807) is 18.2 Å². The molecule has 5 nitrogen and oxygen atoms in total. The second-order valence-electron chi connectivity index (χ2n) is 6.72. The highest BCUT2D eigenvalue weighted by atomic mass is 16.6. The number of phenols is 1. The lowest BCUT2D eigenvalue weighted by atomic mass is 9.91. The minimum absolute atomic E-state index is 0.0754. The summed E-state index contributed by atoms with van der Waals surface area (Å²) in [6.07, 6.45) is 2.19. The summed E-state index contributed by atoms with van der Waals surface area (Å²) in [6.45, 7) is 1.83. The van der Waals surface area contributed by atoms with E-state index in [1.165, 1.54) is 6.07 Å². The number of hydrogen-bond donors (Lipinski definition) is 1. The Morgan fingerprint density at radius 1 is 1.00 bits per heavy atom. The molecule has 3 aromatic carbocycles. The van der Waals surface area contributed by atoms with Crippen LogP contribution in [0.3, 0.4) is 0 Å². The topological polar surface area (TPSA) is 66.6 Å². The second kappa shape index (κ2) is 6.77. The van der Waals surface area contributed by atoms with Crippen LogP contribution in [0.2, 0.25) is 0 Å². The maximum absolute atomic E-state index is 11.3. The molecule has 1 heterocycles. The van der Waals surface area contributed by atoms with E-state index in [0.717, 1.165) is 47.8 Å². The van der Waals surface area contributed by atoms with Crippen LogP contribution in [0.4, 0.5) is 5.69 Å². The number of nitro benzene ring substituents is 1. The molecule has 1 aliphatic heterocycles. The van der Waals surface area contributed by atoms with Crippen LogP contribution in [0.5, 0.6) is 5.75 Å². The number of aromatic hydroxyl groups is 1. The predicted molar refractivity (Wildman–Crippen MR) is 101 cm³/mol. The molecule has 4 rings (SSSR count). The molecule has 0 amide bonds. The maximum atomic E-state index is 11.3. The SMILES string of the molecule is O=[N+]([O-])c1cccc(C(c2c(O)ccc3ccccc23)N2CCCC2)c1. The van der Waals surface area contributed by atoms with Crippen molar-refractivity contribution in [2.24, 2.45) is 0 Å². The third-order valence-electron chi connectivity index (χ3n) is 5.12. The van der Waals surface area contributed by atoms with Gasteiger partial charge in [-0.2, -0.15) is 0 Å². The molecular weight excluding hydrogens is 328 g/mol. The molecule has 0 saturated carbocycles. The molecule has 0 aromatic heterocycles. The summed E-state index contributed by atoms with van der Waals surface area (Å²) in [7, 11) is 0. The molecule has 3 aromatic rings. The number of non-ortho nitro benzene ring substituents is 1. The van der Waals surface area contributed by atoms with Gasteiger partial charge in [-0.15, -0.1) is 0 Å². The molecule has 1 aliphatic rings. The zero-order valence-electron chi connectivity index (χ0n) is 14.3. The van der Waals surface area contributed by atoms with Crippen molar-refractivity contribution in [2.75, 3.05) is 13.1 Å². The Bertz CT molecular complexity index is 964. The highest BCUT2D eigenvalue weighted by Gasteiger charge is 2.29. The van der Waals surface area contributed by atoms with Gasteiger partial charge in [0.2, 0.25) is 0 Å². The minimum Gasteiger partial charge on any atom is -0.508 e. The van der Waals surface area contributed by atoms with Gasteiger partial charge in [-0.1, -0.05) is 42.5 Å². The molecule has 1 atom stereocenters. The van der Waals surface area contributed by atoms with E-state index in [-0.39, 0.29) is 22.4 Å². The first kappa shape index (κ1) is 16.5. The second-order valence-corrected chi connectivity index (χ2v) is 6.72. The lowest BCUT2D eigenvalue weighted by Gasteiger charge is -2.30. The van der Waals surface area contributed by atoms with Crippen LogP contribution >= 0.6 is 0 Å². The lowest BCUT2D eigenvalue weighted by molar-refractivity contribution is -0.384. The smallest absolute Gasteiger partial charge is 0.269 e. The maximum Gasteiger partial charge on any atom is 0.269 e. The van der Waals surface area contributed by atoms with Crippen LogP contribution in [-0.4, -0.2) is 28.0 Å². The van der Waals surface area contributed by atoms with E-state index in [1.807, 2.05) is 36.4 Å². The number of benzene rings is 3. The highest BCUT2D eigenvalue weighted by molar-refractivity contribution is 5.88. The molecule has 0 radical (unpaired) electrons. The summed E-state index contributed by atoms with van der Waals surface area (Å²) >= 11 is 0. The molecule has 5 heteroatoms. The largest absolute Gasteiger partial charge is 0.508 e. The van der Waals surface area contributed by atoms with Crippen molar-refractivity contribution in [3.05, 3.63) is 81.9 Å². The van der Waals surface area contributed by atoms with Gasteiger partial charge in [-0.05, 0) is 48.3 Å². The minimum atomic E-state index is -0.368. The normalized spacial score (nSPS) is 16.0. The fraction of sp³-hybridized carbons (Fsp3) is 0.238. The van der Waals surface area contributed by atoms with Crippen molar-refractivity contribution in [3.8, 4) is 5.75 Å². The summed E-state index contributed by atoms with van der Waals surface area (Å²) in [5.41, 5.74) is 1.74. The quantitative estimate of drug-likeness (QED) is 0.551. The first-order chi connectivity index (χ1) is 12.6. The standard InChI is InChI=1S/C21H20N2O3/c24-19-11-10-15-6-1-2-9-18(15)20(19)21(22-12-3-4-13-22)16-7-5-8-17(14-16)23(25)26/h1-2,5-11,14,21,24H,3-4,12-13H2. The van der Waals surface area contributed by atoms with Crippen molar-refractivity contribution in [1.82, 2.24) is 4.90 Å². The van der Waals surface area contributed by atoms with E-state index in [4.69, 9.17) is 0 Å². The number of hydrogen-bond acceptors (Lipinski definition) is 4. The molecule has 132 valence electrons. The van der Waals surface area contributed by atoms with Crippen LogP contribution in [-0.2, 0) is 0 Å². The van der Waals surface area contributed by atoms with E-state index in [2.05, 4.69) is 4.90 Å². The lowest BCUT2D eigenvalue weighted by Crippen LogP contribution is -2.27. The van der Waals surface area contributed by atoms with Gasteiger partial charge in [0.15, 0.2) is 0 Å². The Morgan fingerprint density at radius 2 is 1.77 bits per heavy atom. The Morgan fingerprint density at radius 3 is 2.54 bits per heavy atom. The molecular formula is C21H20N2O3. The van der Waals surface area contributed by atoms with E-state index in [0.29, 0.717) is 0 Å². The van der Waals surface area contributed by atoms with E-state index >= 15 is 0 Å². The average molecular weight is 348 g/mol. The van der Waals surface area contributed by atoms with Crippen molar-refractivity contribution in [2.45, 2.75) is 18.9 Å². The van der Waals surface area contributed by atoms with Crippen LogP contribution < -0.4 is 0 Å². The van der Waals surface area contributed by atoms with Crippen LogP contribution in [0, 0.1) is 10.1 Å². The first-order valence-electron chi connectivity index (χ1n) is 8.84. The average Bonchev–Trinajstić information content (AvgIpc) is 3.18. The van der Waals surface area contributed by atoms with Crippen molar-refractivity contribution in [1.29, 1.82) is 0 Å². The Kier molecular flexibility index (Phi) is 4.31. The van der Waals surface area contributed by atoms with Gasteiger partial charge in [0.1, 0.15) is 5.75 Å². The molecule has 0 aliphatic carbocycles. The summed E-state index contributed by atoms with van der Waals surface area (Å²) in [5.74, 6) is 0.229. The Balaban J connectivity index is 1.94. The Hall–Kier alpha value is -2.92. The fourth-order valence-electron chi connectivity index (χ4n) is 3.94. The number of phenolic OH excluding ortho intramolecular Hbond substituents is 1. The van der Waals surface area contributed by atoms with Gasteiger partial charge in [0, 0.05) is 17.7 Å². The number of fused-ring (bicyclic) bond motifs is 1. The van der Waals surface area contributed by atoms with Gasteiger partial charge in [-0.3, -0.25) is 15.0 Å². The van der Waals surface area contributed by atoms with Crippen LogP contribution in [0.25, 0.3) is 10.8 Å². The van der Waals surface area contributed by atoms with Gasteiger partial charge in [0.25, 0.3) is 5.69 Å². The van der Waals surface area contributed by atoms with E-state index < -0.39 is 0 Å². The summed E-state index contributed by atoms with van der Waals surface area (Å²) in [4.78, 5) is 13.2.